The topological polar surface area (TPSA) is 29.5 Å². The zero-order valence-electron chi connectivity index (χ0n) is 16.4. The summed E-state index contributed by atoms with van der Waals surface area (Å²) in [6.07, 6.45) is 4.65. The first-order valence-corrected chi connectivity index (χ1v) is 13.9. The van der Waals surface area contributed by atoms with E-state index in [1.165, 1.54) is 0 Å². The molecule has 128 valence electrons. The first-order valence-electron chi connectivity index (χ1n) is 8.04. The van der Waals surface area contributed by atoms with E-state index in [-0.39, 0.29) is 6.61 Å². The van der Waals surface area contributed by atoms with Crippen molar-refractivity contribution in [2.24, 2.45) is 0 Å². The van der Waals surface area contributed by atoms with Gasteiger partial charge < -0.3 is 9.22 Å². The van der Waals surface area contributed by atoms with Crippen molar-refractivity contribution in [3.05, 3.63) is 12.2 Å². The van der Waals surface area contributed by atoms with Gasteiger partial charge in [-0.2, -0.15) is 0 Å². The second kappa shape index (κ2) is 8.65. The van der Waals surface area contributed by atoms with Gasteiger partial charge in [0.1, 0.15) is 0 Å². The van der Waals surface area contributed by atoms with Crippen LogP contribution in [-0.2, 0) is 4.12 Å². The summed E-state index contributed by atoms with van der Waals surface area (Å²) in [6.45, 7) is 25.5. The number of hydrogen-bond acceptors (Lipinski definition) is 2. The predicted molar refractivity (Wildman–Crippen MR) is 102 cm³/mol. The third-order valence-electron chi connectivity index (χ3n) is 4.65. The quantitative estimate of drug-likeness (QED) is 0.508. The summed E-state index contributed by atoms with van der Waals surface area (Å²) in [5.74, 6) is 0. The maximum absolute atomic E-state index is 8.15. The Hall–Kier alpha value is 0.0938. The second-order valence-electron chi connectivity index (χ2n) is 8.70. The zero-order valence-corrected chi connectivity index (χ0v) is 18.4. The lowest BCUT2D eigenvalue weighted by Gasteiger charge is -2.47. The van der Waals surface area contributed by atoms with Gasteiger partial charge in [0.05, 0.1) is 0 Å². The molecule has 4 heteroatoms. The van der Waals surface area contributed by atoms with E-state index >= 15 is 0 Å². The van der Waals surface area contributed by atoms with Gasteiger partial charge in [-0.15, -0.1) is 0 Å². The summed E-state index contributed by atoms with van der Waals surface area (Å²) in [7, 11) is -3.18. The largest absolute Gasteiger partial charge is 0.455 e. The summed E-state index contributed by atoms with van der Waals surface area (Å²) >= 11 is 0. The second-order valence-corrected chi connectivity index (χ2v) is 18.6. The molecule has 0 aliphatic rings. The van der Waals surface area contributed by atoms with Crippen LogP contribution in [0.3, 0.4) is 0 Å². The average Bonchev–Trinajstić information content (AvgIpc) is 2.22. The van der Waals surface area contributed by atoms with Gasteiger partial charge >= 0.3 is 0 Å². The molecular formula is C17H40O2Si2. The number of aliphatic hydroxyl groups is 1. The number of rotatable bonds is 4. The smallest absolute Gasteiger partial charge is 0.178 e. The molecule has 0 aromatic heterocycles. The first kappa shape index (κ1) is 23.4. The van der Waals surface area contributed by atoms with Crippen molar-refractivity contribution in [1.82, 2.24) is 0 Å². The van der Waals surface area contributed by atoms with Crippen LogP contribution in [0.25, 0.3) is 0 Å². The van der Waals surface area contributed by atoms with Crippen molar-refractivity contribution < 1.29 is 9.22 Å². The van der Waals surface area contributed by atoms with Crippen LogP contribution in [-0.4, -0.2) is 28.3 Å². The summed E-state index contributed by atoms with van der Waals surface area (Å²) in [6, 6.07) is 0. The van der Waals surface area contributed by atoms with Crippen molar-refractivity contribution in [1.29, 1.82) is 0 Å². The molecule has 2 nitrogen and oxygen atoms in total. The van der Waals surface area contributed by atoms with Crippen LogP contribution < -0.4 is 0 Å². The Morgan fingerprint density at radius 3 is 1.33 bits per heavy atom. The molecule has 0 amide bonds. The van der Waals surface area contributed by atoms with E-state index in [4.69, 9.17) is 9.22 Å². The molecule has 0 aliphatic heterocycles. The van der Waals surface area contributed by atoms with E-state index in [0.29, 0.717) is 10.1 Å². The van der Waals surface area contributed by atoms with Crippen LogP contribution in [0.2, 0.25) is 36.3 Å². The zero-order chi connectivity index (χ0) is 17.5. The highest BCUT2D eigenvalue weighted by Gasteiger charge is 2.46. The molecule has 0 aliphatic carbocycles. The molecule has 0 atom stereocenters. The number of allylic oxidation sites excluding steroid dienone is 1. The SMILES string of the molecule is C/C=C/CCO.CC(C)(C)[Si](C)(C)O[Si](C)(C)C(C)(C)C. The normalized spacial score (nSPS) is 14.1. The number of aliphatic hydroxyl groups excluding tert-OH is 1. The van der Waals surface area contributed by atoms with E-state index < -0.39 is 16.6 Å². The van der Waals surface area contributed by atoms with Gasteiger partial charge in [-0.1, -0.05) is 53.7 Å². The molecule has 21 heavy (non-hydrogen) atoms. The molecule has 0 spiro atoms. The van der Waals surface area contributed by atoms with Crippen LogP contribution in [0.15, 0.2) is 12.2 Å². The summed E-state index contributed by atoms with van der Waals surface area (Å²) < 4.78 is 6.63. The molecule has 0 bridgehead atoms. The minimum atomic E-state index is -1.59. The Kier molecular flexibility index (Phi) is 9.63. The summed E-state index contributed by atoms with van der Waals surface area (Å²) in [5.41, 5.74) is 0. The van der Waals surface area contributed by atoms with Crippen LogP contribution in [0, 0.1) is 0 Å². The number of hydrogen-bond donors (Lipinski definition) is 1. The fraction of sp³-hybridized carbons (Fsp3) is 0.882. The highest BCUT2D eigenvalue weighted by Crippen LogP contribution is 2.44. The van der Waals surface area contributed by atoms with E-state index in [1.54, 1.807) is 0 Å². The van der Waals surface area contributed by atoms with Crippen molar-refractivity contribution in [2.45, 2.75) is 91.2 Å². The fourth-order valence-corrected chi connectivity index (χ4v) is 8.74. The third kappa shape index (κ3) is 8.96. The predicted octanol–water partition coefficient (Wildman–Crippen LogP) is 5.96. The van der Waals surface area contributed by atoms with Gasteiger partial charge in [-0.05, 0) is 49.6 Å². The van der Waals surface area contributed by atoms with Crippen LogP contribution in [0.4, 0.5) is 0 Å². The van der Waals surface area contributed by atoms with Crippen molar-refractivity contribution in [3.63, 3.8) is 0 Å². The van der Waals surface area contributed by atoms with Crippen molar-refractivity contribution >= 4 is 16.6 Å². The third-order valence-corrected chi connectivity index (χ3v) is 16.0. The molecule has 1 N–H and O–H groups in total. The average molecular weight is 333 g/mol. The van der Waals surface area contributed by atoms with E-state index in [1.807, 2.05) is 19.1 Å². The Labute approximate surface area is 136 Å². The van der Waals surface area contributed by atoms with Gasteiger partial charge in [-0.25, -0.2) is 0 Å². The Balaban J connectivity index is 0. The molecule has 0 aromatic rings. The molecule has 0 saturated carbocycles. The van der Waals surface area contributed by atoms with Crippen LogP contribution in [0.1, 0.15) is 54.9 Å². The molecule has 0 fully saturated rings. The first-order chi connectivity index (χ1) is 9.12. The molecule has 0 rings (SSSR count). The molecular weight excluding hydrogens is 292 g/mol. The molecule has 0 heterocycles. The maximum Gasteiger partial charge on any atom is 0.178 e. The molecule has 0 saturated heterocycles. The Morgan fingerprint density at radius 1 is 0.857 bits per heavy atom. The lowest BCUT2D eigenvalue weighted by atomic mass is 10.2. The molecule has 0 radical (unpaired) electrons. The monoisotopic (exact) mass is 332 g/mol. The van der Waals surface area contributed by atoms with Gasteiger partial charge in [-0.3, -0.25) is 0 Å². The Bertz CT molecular complexity index is 284. The van der Waals surface area contributed by atoms with Gasteiger partial charge in [0.15, 0.2) is 16.6 Å². The highest BCUT2D eigenvalue weighted by molar-refractivity contribution is 6.87. The van der Waals surface area contributed by atoms with Gasteiger partial charge in [0.25, 0.3) is 0 Å². The van der Waals surface area contributed by atoms with Crippen LogP contribution >= 0.6 is 0 Å². The standard InChI is InChI=1S/C12H30OSi2.C5H10O/c1-11(2,3)14(7,8)13-15(9,10)12(4,5)6;1-2-3-4-5-6/h1-10H3;2-3,6H,4-5H2,1H3/b;3-2+. The maximum atomic E-state index is 8.15. The Morgan fingerprint density at radius 2 is 1.19 bits per heavy atom. The fourth-order valence-electron chi connectivity index (χ4n) is 1.19. The highest BCUT2D eigenvalue weighted by atomic mass is 28.4. The summed E-state index contributed by atoms with van der Waals surface area (Å²) in [5, 5.41) is 8.79. The van der Waals surface area contributed by atoms with Gasteiger partial charge in [0.2, 0.25) is 0 Å². The molecule has 0 aromatic carbocycles. The van der Waals surface area contributed by atoms with Crippen LogP contribution in [0.5, 0.6) is 0 Å². The lowest BCUT2D eigenvalue weighted by Crippen LogP contribution is -2.53. The minimum Gasteiger partial charge on any atom is -0.455 e. The van der Waals surface area contributed by atoms with E-state index in [9.17, 15) is 0 Å². The van der Waals surface area contributed by atoms with Crippen molar-refractivity contribution in [2.75, 3.05) is 6.61 Å². The minimum absolute atomic E-state index is 0.268. The van der Waals surface area contributed by atoms with E-state index in [0.717, 1.165) is 6.42 Å². The van der Waals surface area contributed by atoms with E-state index in [2.05, 4.69) is 67.7 Å². The van der Waals surface area contributed by atoms with Crippen molar-refractivity contribution in [3.8, 4) is 0 Å². The lowest BCUT2D eigenvalue weighted by molar-refractivity contribution is 0.302. The summed E-state index contributed by atoms with van der Waals surface area (Å²) in [4.78, 5) is 0. The van der Waals surface area contributed by atoms with Gasteiger partial charge in [0, 0.05) is 6.61 Å². The molecule has 0 unspecified atom stereocenters.